The van der Waals surface area contributed by atoms with Gasteiger partial charge in [0.15, 0.2) is 0 Å². The van der Waals surface area contributed by atoms with Gasteiger partial charge in [0.2, 0.25) is 6.08 Å². The molecule has 1 fully saturated rings. The lowest BCUT2D eigenvalue weighted by atomic mass is 10.1. The Bertz CT molecular complexity index is 221. The molecule has 0 saturated carbocycles. The van der Waals surface area contributed by atoms with Gasteiger partial charge in [-0.15, -0.1) is 0 Å². The van der Waals surface area contributed by atoms with Gasteiger partial charge in [0.25, 0.3) is 0 Å². The van der Waals surface area contributed by atoms with E-state index in [2.05, 4.69) is 10.3 Å². The standard InChI is InChI=1S/C13H24N2O2/c16-12-15-8-6-4-2-1-3-5-7-13-11-14-9-10-17-13/h13-14H,1-11H2. The van der Waals surface area contributed by atoms with E-state index in [1.807, 2.05) is 0 Å². The van der Waals surface area contributed by atoms with Crippen LogP contribution in [0.3, 0.4) is 0 Å². The molecule has 4 nitrogen and oxygen atoms in total. The molecule has 98 valence electrons. The van der Waals surface area contributed by atoms with E-state index in [9.17, 15) is 4.79 Å². The summed E-state index contributed by atoms with van der Waals surface area (Å²) >= 11 is 0. The minimum Gasteiger partial charge on any atom is -0.376 e. The van der Waals surface area contributed by atoms with Crippen molar-refractivity contribution in [2.45, 2.75) is 51.0 Å². The average Bonchev–Trinajstić information content (AvgIpc) is 2.38. The molecule has 1 aliphatic heterocycles. The SMILES string of the molecule is O=C=NCCCCCCCCC1CNCCO1. The van der Waals surface area contributed by atoms with Crippen molar-refractivity contribution in [3.05, 3.63) is 0 Å². The van der Waals surface area contributed by atoms with E-state index in [0.717, 1.165) is 26.1 Å². The van der Waals surface area contributed by atoms with Crippen molar-refractivity contribution in [3.63, 3.8) is 0 Å². The number of ether oxygens (including phenoxy) is 1. The van der Waals surface area contributed by atoms with Gasteiger partial charge >= 0.3 is 0 Å². The summed E-state index contributed by atoms with van der Waals surface area (Å²) in [7, 11) is 0. The Labute approximate surface area is 104 Å². The third-order valence-electron chi connectivity index (χ3n) is 3.11. The van der Waals surface area contributed by atoms with Crippen LogP contribution in [0.1, 0.15) is 44.9 Å². The first-order valence-corrected chi connectivity index (χ1v) is 6.79. The highest BCUT2D eigenvalue weighted by Gasteiger charge is 2.11. The monoisotopic (exact) mass is 240 g/mol. The van der Waals surface area contributed by atoms with Gasteiger partial charge in [-0.1, -0.05) is 32.1 Å². The van der Waals surface area contributed by atoms with Crippen LogP contribution in [0.2, 0.25) is 0 Å². The summed E-state index contributed by atoms with van der Waals surface area (Å²) < 4.78 is 5.64. The molecule has 0 bridgehead atoms. The number of aliphatic imine (C=N–C) groups is 1. The first-order valence-electron chi connectivity index (χ1n) is 6.79. The molecule has 1 unspecified atom stereocenters. The quantitative estimate of drug-likeness (QED) is 0.381. The number of unbranched alkanes of at least 4 members (excludes halogenated alkanes) is 5. The van der Waals surface area contributed by atoms with Gasteiger partial charge in [-0.2, -0.15) is 0 Å². The number of nitrogens with one attached hydrogen (secondary N) is 1. The van der Waals surface area contributed by atoms with Gasteiger partial charge < -0.3 is 10.1 Å². The van der Waals surface area contributed by atoms with Crippen molar-refractivity contribution in [1.29, 1.82) is 0 Å². The Balaban J connectivity index is 1.79. The average molecular weight is 240 g/mol. The van der Waals surface area contributed by atoms with Crippen LogP contribution in [0.5, 0.6) is 0 Å². The maximum absolute atomic E-state index is 9.82. The summed E-state index contributed by atoms with van der Waals surface area (Å²) in [5, 5.41) is 3.35. The first kappa shape index (κ1) is 14.4. The van der Waals surface area contributed by atoms with Crippen LogP contribution >= 0.6 is 0 Å². The lowest BCUT2D eigenvalue weighted by molar-refractivity contribution is 0.0220. The second-order valence-corrected chi connectivity index (χ2v) is 4.58. The number of hydrogen-bond donors (Lipinski definition) is 1. The fourth-order valence-electron chi connectivity index (χ4n) is 2.12. The number of nitrogens with zero attached hydrogens (tertiary/aromatic N) is 1. The number of isocyanates is 1. The van der Waals surface area contributed by atoms with E-state index in [4.69, 9.17) is 4.74 Å². The zero-order chi connectivity index (χ0) is 12.2. The minimum atomic E-state index is 0.436. The third-order valence-corrected chi connectivity index (χ3v) is 3.11. The molecule has 4 heteroatoms. The van der Waals surface area contributed by atoms with E-state index < -0.39 is 0 Å². The number of rotatable bonds is 9. The molecular formula is C13H24N2O2. The number of carbonyl (C=O) groups excluding carboxylic acids is 1. The number of hydrogen-bond acceptors (Lipinski definition) is 4. The van der Waals surface area contributed by atoms with Crippen molar-refractivity contribution < 1.29 is 9.53 Å². The van der Waals surface area contributed by atoms with Crippen molar-refractivity contribution in [2.75, 3.05) is 26.2 Å². The summed E-state index contributed by atoms with van der Waals surface area (Å²) in [6.07, 6.45) is 10.5. The van der Waals surface area contributed by atoms with Crippen LogP contribution < -0.4 is 5.32 Å². The molecule has 1 heterocycles. The van der Waals surface area contributed by atoms with E-state index in [-0.39, 0.29) is 0 Å². The van der Waals surface area contributed by atoms with Gasteiger partial charge in [0.05, 0.1) is 19.3 Å². The topological polar surface area (TPSA) is 50.7 Å². The Morgan fingerprint density at radius 2 is 1.94 bits per heavy atom. The molecule has 1 atom stereocenters. The molecule has 0 aromatic rings. The molecule has 0 spiro atoms. The Hall–Kier alpha value is -0.700. The van der Waals surface area contributed by atoms with E-state index in [0.29, 0.717) is 12.6 Å². The minimum absolute atomic E-state index is 0.436. The van der Waals surface area contributed by atoms with Crippen LogP contribution in [0, 0.1) is 0 Å². The maximum atomic E-state index is 9.82. The van der Waals surface area contributed by atoms with Crippen molar-refractivity contribution in [2.24, 2.45) is 4.99 Å². The normalized spacial score (nSPS) is 19.9. The molecule has 0 aromatic heterocycles. The van der Waals surface area contributed by atoms with Crippen LogP contribution in [0.4, 0.5) is 0 Å². The lowest BCUT2D eigenvalue weighted by Crippen LogP contribution is -2.38. The summed E-state index contributed by atoms with van der Waals surface area (Å²) in [6.45, 7) is 3.52. The van der Waals surface area contributed by atoms with E-state index in [1.54, 1.807) is 6.08 Å². The molecule has 0 amide bonds. The fourth-order valence-corrected chi connectivity index (χ4v) is 2.12. The molecule has 0 radical (unpaired) electrons. The lowest BCUT2D eigenvalue weighted by Gasteiger charge is -2.23. The Kier molecular flexibility index (Phi) is 8.83. The predicted octanol–water partition coefficient (Wildman–Crippen LogP) is 2.04. The smallest absolute Gasteiger partial charge is 0.234 e. The second kappa shape index (κ2) is 10.5. The summed E-state index contributed by atoms with van der Waals surface area (Å²) in [5.74, 6) is 0. The highest BCUT2D eigenvalue weighted by molar-refractivity contribution is 5.32. The molecule has 1 rings (SSSR count). The van der Waals surface area contributed by atoms with Crippen molar-refractivity contribution in [3.8, 4) is 0 Å². The molecule has 1 saturated heterocycles. The first-order chi connectivity index (χ1) is 8.43. The zero-order valence-corrected chi connectivity index (χ0v) is 10.6. The van der Waals surface area contributed by atoms with Gasteiger partial charge in [-0.05, 0) is 12.8 Å². The summed E-state index contributed by atoms with van der Waals surface area (Å²) in [6, 6.07) is 0. The molecule has 1 N–H and O–H groups in total. The third kappa shape index (κ3) is 8.08. The molecule has 0 aromatic carbocycles. The highest BCUT2D eigenvalue weighted by Crippen LogP contribution is 2.11. The Morgan fingerprint density at radius 1 is 1.18 bits per heavy atom. The summed E-state index contributed by atoms with van der Waals surface area (Å²) in [4.78, 5) is 13.4. The Morgan fingerprint density at radius 3 is 2.65 bits per heavy atom. The highest BCUT2D eigenvalue weighted by atomic mass is 16.5. The van der Waals surface area contributed by atoms with Crippen LogP contribution in [-0.4, -0.2) is 38.4 Å². The molecule has 1 aliphatic rings. The maximum Gasteiger partial charge on any atom is 0.234 e. The molecule has 17 heavy (non-hydrogen) atoms. The fraction of sp³-hybridized carbons (Fsp3) is 0.923. The van der Waals surface area contributed by atoms with Crippen molar-refractivity contribution >= 4 is 6.08 Å². The second-order valence-electron chi connectivity index (χ2n) is 4.58. The van der Waals surface area contributed by atoms with Gasteiger partial charge in [-0.25, -0.2) is 9.79 Å². The summed E-state index contributed by atoms with van der Waals surface area (Å²) in [5.41, 5.74) is 0. The van der Waals surface area contributed by atoms with Crippen LogP contribution in [0.25, 0.3) is 0 Å². The van der Waals surface area contributed by atoms with Gasteiger partial charge in [-0.3, -0.25) is 0 Å². The van der Waals surface area contributed by atoms with Crippen molar-refractivity contribution in [1.82, 2.24) is 5.32 Å². The molecular weight excluding hydrogens is 216 g/mol. The molecule has 0 aliphatic carbocycles. The van der Waals surface area contributed by atoms with Crippen LogP contribution in [0.15, 0.2) is 4.99 Å². The van der Waals surface area contributed by atoms with Crippen LogP contribution in [-0.2, 0) is 9.53 Å². The van der Waals surface area contributed by atoms with E-state index >= 15 is 0 Å². The van der Waals surface area contributed by atoms with Gasteiger partial charge in [0, 0.05) is 13.1 Å². The predicted molar refractivity (Wildman–Crippen MR) is 67.9 cm³/mol. The van der Waals surface area contributed by atoms with E-state index in [1.165, 1.54) is 38.5 Å². The zero-order valence-electron chi connectivity index (χ0n) is 10.6. The number of morpholine rings is 1. The largest absolute Gasteiger partial charge is 0.376 e. The van der Waals surface area contributed by atoms with Gasteiger partial charge in [0.1, 0.15) is 0 Å².